The number of nitrogens with zero attached hydrogens (tertiary/aromatic N) is 2. The van der Waals surface area contributed by atoms with Crippen LogP contribution < -0.4 is 0 Å². The highest BCUT2D eigenvalue weighted by Gasteiger charge is 2.12. The molecule has 0 bridgehead atoms. The van der Waals surface area contributed by atoms with Gasteiger partial charge in [-0.15, -0.1) is 0 Å². The lowest BCUT2D eigenvalue weighted by Crippen LogP contribution is -1.99. The van der Waals surface area contributed by atoms with E-state index in [0.717, 1.165) is 0 Å². The highest BCUT2D eigenvalue weighted by atomic mass is 16.6. The zero-order valence-electron chi connectivity index (χ0n) is 7.75. The van der Waals surface area contributed by atoms with E-state index in [1.165, 1.54) is 24.3 Å². The maximum absolute atomic E-state index is 10.3. The van der Waals surface area contributed by atoms with E-state index in [4.69, 9.17) is 5.26 Å². The summed E-state index contributed by atoms with van der Waals surface area (Å²) in [5, 5.41) is 28.4. The van der Waals surface area contributed by atoms with Gasteiger partial charge in [0.05, 0.1) is 16.6 Å². The van der Waals surface area contributed by atoms with Crippen LogP contribution in [0, 0.1) is 21.4 Å². The number of rotatable bonds is 3. The van der Waals surface area contributed by atoms with Gasteiger partial charge in [-0.1, -0.05) is 6.58 Å². The molecular formula is C10H8N2O3. The predicted molar refractivity (Wildman–Crippen MR) is 52.8 cm³/mol. The van der Waals surface area contributed by atoms with Crippen LogP contribution in [0.1, 0.15) is 11.7 Å². The van der Waals surface area contributed by atoms with Crippen LogP contribution in [0.2, 0.25) is 0 Å². The molecule has 5 nitrogen and oxygen atoms in total. The number of nitro groups is 1. The second-order valence-corrected chi connectivity index (χ2v) is 2.89. The number of non-ortho nitro benzene ring substituents is 1. The lowest BCUT2D eigenvalue weighted by atomic mass is 10.0. The number of nitro benzene ring substituents is 1. The van der Waals surface area contributed by atoms with Crippen molar-refractivity contribution in [3.8, 4) is 6.07 Å². The minimum Gasteiger partial charge on any atom is -0.383 e. The van der Waals surface area contributed by atoms with E-state index in [1.807, 2.05) is 0 Å². The van der Waals surface area contributed by atoms with Crippen molar-refractivity contribution in [1.29, 1.82) is 5.26 Å². The number of hydrogen-bond acceptors (Lipinski definition) is 4. The normalized spacial score (nSPS) is 11.5. The minimum absolute atomic E-state index is 0.00357. The van der Waals surface area contributed by atoms with Crippen LogP contribution in [-0.2, 0) is 0 Å². The summed E-state index contributed by atoms with van der Waals surface area (Å²) in [4.78, 5) is 9.81. The first-order valence-corrected chi connectivity index (χ1v) is 4.07. The summed E-state index contributed by atoms with van der Waals surface area (Å²) in [6.07, 6.45) is -1.10. The molecule has 0 aliphatic heterocycles. The second kappa shape index (κ2) is 4.35. The summed E-state index contributed by atoms with van der Waals surface area (Å²) < 4.78 is 0. The molecule has 0 saturated heterocycles. The van der Waals surface area contributed by atoms with Crippen molar-refractivity contribution in [2.45, 2.75) is 6.10 Å². The third-order valence-electron chi connectivity index (χ3n) is 1.89. The molecule has 1 unspecified atom stereocenters. The Kier molecular flexibility index (Phi) is 3.16. The van der Waals surface area contributed by atoms with Crippen LogP contribution >= 0.6 is 0 Å². The Morgan fingerprint density at radius 1 is 1.53 bits per heavy atom. The van der Waals surface area contributed by atoms with Crippen molar-refractivity contribution in [1.82, 2.24) is 0 Å². The molecule has 0 radical (unpaired) electrons. The van der Waals surface area contributed by atoms with E-state index in [1.54, 1.807) is 6.07 Å². The maximum atomic E-state index is 10.3. The molecule has 1 aromatic carbocycles. The third-order valence-corrected chi connectivity index (χ3v) is 1.89. The zero-order chi connectivity index (χ0) is 11.4. The quantitative estimate of drug-likeness (QED) is 0.461. The van der Waals surface area contributed by atoms with E-state index in [0.29, 0.717) is 5.56 Å². The molecule has 5 heteroatoms. The molecule has 15 heavy (non-hydrogen) atoms. The lowest BCUT2D eigenvalue weighted by molar-refractivity contribution is -0.384. The average molecular weight is 204 g/mol. The zero-order valence-corrected chi connectivity index (χ0v) is 7.75. The van der Waals surface area contributed by atoms with Gasteiger partial charge in [0, 0.05) is 12.1 Å². The van der Waals surface area contributed by atoms with Gasteiger partial charge >= 0.3 is 0 Å². The topological polar surface area (TPSA) is 87.2 Å². The van der Waals surface area contributed by atoms with Crippen molar-refractivity contribution in [2.24, 2.45) is 0 Å². The molecule has 0 saturated carbocycles. The summed E-state index contributed by atoms with van der Waals surface area (Å²) in [6.45, 7) is 3.36. The minimum atomic E-state index is -1.10. The molecule has 0 aliphatic rings. The monoisotopic (exact) mass is 204 g/mol. The van der Waals surface area contributed by atoms with Crippen LogP contribution in [0.5, 0.6) is 0 Å². The van der Waals surface area contributed by atoms with Crippen molar-refractivity contribution < 1.29 is 10.0 Å². The van der Waals surface area contributed by atoms with Crippen molar-refractivity contribution >= 4 is 5.69 Å². The smallest absolute Gasteiger partial charge is 0.269 e. The van der Waals surface area contributed by atoms with E-state index in [2.05, 4.69) is 6.58 Å². The number of aliphatic hydroxyl groups is 1. The van der Waals surface area contributed by atoms with Crippen LogP contribution in [0.4, 0.5) is 5.69 Å². The van der Waals surface area contributed by atoms with Crippen LogP contribution in [0.15, 0.2) is 36.4 Å². The molecule has 76 valence electrons. The van der Waals surface area contributed by atoms with Crippen molar-refractivity contribution in [3.63, 3.8) is 0 Å². The molecule has 0 fully saturated rings. The highest BCUT2D eigenvalue weighted by Crippen LogP contribution is 2.21. The summed E-state index contributed by atoms with van der Waals surface area (Å²) in [6, 6.07) is 7.04. The Bertz CT molecular complexity index is 431. The first-order chi connectivity index (χ1) is 7.06. The first kappa shape index (κ1) is 10.9. The summed E-state index contributed by atoms with van der Waals surface area (Å²) in [7, 11) is 0. The van der Waals surface area contributed by atoms with Gasteiger partial charge in [0.2, 0.25) is 0 Å². The summed E-state index contributed by atoms with van der Waals surface area (Å²) >= 11 is 0. The number of nitriles is 1. The van der Waals surface area contributed by atoms with Gasteiger partial charge in [0.1, 0.15) is 6.10 Å². The predicted octanol–water partition coefficient (Wildman–Crippen LogP) is 1.71. The Labute approximate surface area is 86.0 Å². The molecule has 1 rings (SSSR count). The average Bonchev–Trinajstić information content (AvgIpc) is 2.27. The molecular weight excluding hydrogens is 196 g/mol. The number of benzene rings is 1. The Balaban J connectivity index is 2.95. The fraction of sp³-hybridized carbons (Fsp3) is 0.100. The van der Waals surface area contributed by atoms with Gasteiger partial charge in [-0.05, 0) is 17.7 Å². The van der Waals surface area contributed by atoms with Crippen molar-refractivity contribution in [3.05, 3.63) is 52.1 Å². The van der Waals surface area contributed by atoms with Crippen molar-refractivity contribution in [2.75, 3.05) is 0 Å². The third kappa shape index (κ3) is 2.39. The fourth-order valence-corrected chi connectivity index (χ4v) is 1.04. The summed E-state index contributed by atoms with van der Waals surface area (Å²) in [5.41, 5.74) is 0.351. The van der Waals surface area contributed by atoms with Gasteiger partial charge in [-0.25, -0.2) is 0 Å². The van der Waals surface area contributed by atoms with Gasteiger partial charge in [0.15, 0.2) is 0 Å². The fourth-order valence-electron chi connectivity index (χ4n) is 1.04. The van der Waals surface area contributed by atoms with Crippen LogP contribution in [0.25, 0.3) is 0 Å². The molecule has 0 aliphatic carbocycles. The Morgan fingerprint density at radius 2 is 2.07 bits per heavy atom. The molecule has 1 atom stereocenters. The van der Waals surface area contributed by atoms with Gasteiger partial charge < -0.3 is 5.11 Å². The van der Waals surface area contributed by atoms with Gasteiger partial charge in [0.25, 0.3) is 5.69 Å². The first-order valence-electron chi connectivity index (χ1n) is 4.07. The summed E-state index contributed by atoms with van der Waals surface area (Å²) in [5.74, 6) is 0. The molecule has 0 amide bonds. The molecule has 0 spiro atoms. The Hall–Kier alpha value is -2.19. The van der Waals surface area contributed by atoms with Gasteiger partial charge in [-0.2, -0.15) is 5.26 Å². The molecule has 1 aromatic rings. The molecule has 0 aromatic heterocycles. The molecule has 0 heterocycles. The number of hydrogen-bond donors (Lipinski definition) is 1. The van der Waals surface area contributed by atoms with E-state index >= 15 is 0 Å². The lowest BCUT2D eigenvalue weighted by Gasteiger charge is -2.07. The maximum Gasteiger partial charge on any atom is 0.269 e. The Morgan fingerprint density at radius 3 is 2.47 bits per heavy atom. The largest absolute Gasteiger partial charge is 0.383 e. The van der Waals surface area contributed by atoms with Gasteiger partial charge in [-0.3, -0.25) is 10.1 Å². The van der Waals surface area contributed by atoms with Crippen LogP contribution in [-0.4, -0.2) is 10.0 Å². The SMILES string of the molecule is C=C(C#N)C(O)c1ccc([N+](=O)[O-])cc1. The molecule has 1 N–H and O–H groups in total. The van der Waals surface area contributed by atoms with E-state index < -0.39 is 11.0 Å². The van der Waals surface area contributed by atoms with E-state index in [-0.39, 0.29) is 11.3 Å². The number of aliphatic hydroxyl groups excluding tert-OH is 1. The van der Waals surface area contributed by atoms with E-state index in [9.17, 15) is 15.2 Å². The second-order valence-electron chi connectivity index (χ2n) is 2.89. The van der Waals surface area contributed by atoms with Crippen LogP contribution in [0.3, 0.4) is 0 Å². The standard InChI is InChI=1S/C10H8N2O3/c1-7(6-11)10(13)8-2-4-9(5-3-8)12(14)15/h2-5,10,13H,1H2. The highest BCUT2D eigenvalue weighted by molar-refractivity contribution is 5.38.